The maximum atomic E-state index is 13.4. The quantitative estimate of drug-likeness (QED) is 0.207. The molecule has 3 aromatic rings. The molecule has 0 saturated carbocycles. The van der Waals surface area contributed by atoms with Crippen LogP contribution in [0.5, 0.6) is 0 Å². The highest BCUT2D eigenvalue weighted by Gasteiger charge is 2.31. The van der Waals surface area contributed by atoms with Gasteiger partial charge in [-0.15, -0.1) is 0 Å². The molecule has 8 heteroatoms. The van der Waals surface area contributed by atoms with Crippen molar-refractivity contribution in [1.82, 2.24) is 9.29 Å². The number of esters is 1. The van der Waals surface area contributed by atoms with Crippen molar-refractivity contribution in [2.75, 3.05) is 18.0 Å². The standard InChI is InChI=1S/C33H40FN3O2S.C4H10O/c1-21(2)39-30(38)18-29-22(3)35-23(4)31(32(29)36-15-13-33(5,6)14-16-36)24-7-8-25-19-37(20-26(25)17-24)40-28-11-9-27(34)10-12-28;1-4(2,3)5/h7-12,17,21H,13-16,18-20H2,1-6H3;5H,1-3H3. The van der Waals surface area contributed by atoms with Crippen LogP contribution < -0.4 is 4.90 Å². The van der Waals surface area contributed by atoms with Crippen molar-refractivity contribution in [1.29, 1.82) is 0 Å². The topological polar surface area (TPSA) is 65.9 Å². The lowest BCUT2D eigenvalue weighted by molar-refractivity contribution is -0.146. The number of pyridine rings is 1. The summed E-state index contributed by atoms with van der Waals surface area (Å²) in [6.07, 6.45) is 2.26. The Morgan fingerprint density at radius 2 is 1.62 bits per heavy atom. The lowest BCUT2D eigenvalue weighted by atomic mass is 9.82. The second-order valence-electron chi connectivity index (χ2n) is 14.3. The van der Waals surface area contributed by atoms with Gasteiger partial charge in [0.25, 0.3) is 0 Å². The number of ether oxygens (including phenoxy) is 1. The summed E-state index contributed by atoms with van der Waals surface area (Å²) in [5.74, 6) is -0.429. The molecule has 0 aliphatic carbocycles. The van der Waals surface area contributed by atoms with Crippen LogP contribution in [0, 0.1) is 25.1 Å². The second kappa shape index (κ2) is 14.2. The predicted molar refractivity (Wildman–Crippen MR) is 183 cm³/mol. The summed E-state index contributed by atoms with van der Waals surface area (Å²) in [5, 5.41) is 8.52. The SMILES string of the molecule is CC(C)(C)O.Cc1nc(C)c(-c2ccc3c(c2)CN(Sc2ccc(F)cc2)C3)c(N2CCC(C)(C)CC2)c1CC(=O)OC(C)C. The molecular formula is C37H50FN3O3S. The number of hydrogen-bond donors (Lipinski definition) is 1. The van der Waals surface area contributed by atoms with Crippen LogP contribution in [-0.2, 0) is 29.0 Å². The Labute approximate surface area is 273 Å². The van der Waals surface area contributed by atoms with E-state index in [2.05, 4.69) is 48.2 Å². The minimum Gasteiger partial charge on any atom is -0.463 e. The molecule has 0 atom stereocenters. The van der Waals surface area contributed by atoms with Crippen LogP contribution >= 0.6 is 11.9 Å². The number of hydrogen-bond acceptors (Lipinski definition) is 7. The van der Waals surface area contributed by atoms with Crippen LogP contribution in [0.25, 0.3) is 11.1 Å². The number of piperidine rings is 1. The molecule has 2 aromatic carbocycles. The fourth-order valence-electron chi connectivity index (χ4n) is 5.79. The average Bonchev–Trinajstić information content (AvgIpc) is 3.31. The molecular weight excluding hydrogens is 585 g/mol. The number of halogens is 1. The summed E-state index contributed by atoms with van der Waals surface area (Å²) in [4.78, 5) is 21.4. The van der Waals surface area contributed by atoms with E-state index < -0.39 is 5.60 Å². The van der Waals surface area contributed by atoms with Gasteiger partial charge < -0.3 is 14.7 Å². The van der Waals surface area contributed by atoms with E-state index >= 15 is 0 Å². The third-order valence-electron chi connectivity index (χ3n) is 8.01. The van der Waals surface area contributed by atoms with Crippen LogP contribution in [0.4, 0.5) is 10.1 Å². The number of carbonyl (C=O) groups excluding carboxylic acids is 1. The van der Waals surface area contributed by atoms with Crippen molar-refractivity contribution in [2.24, 2.45) is 5.41 Å². The first kappa shape index (κ1) is 34.9. The average molecular weight is 636 g/mol. The van der Waals surface area contributed by atoms with E-state index in [1.807, 2.05) is 32.9 Å². The molecule has 244 valence electrons. The van der Waals surface area contributed by atoms with Crippen molar-refractivity contribution in [2.45, 2.75) is 111 Å². The zero-order valence-corrected chi connectivity index (χ0v) is 29.3. The highest BCUT2D eigenvalue weighted by molar-refractivity contribution is 7.97. The number of aliphatic hydroxyl groups is 1. The minimum atomic E-state index is -0.500. The van der Waals surface area contributed by atoms with Gasteiger partial charge in [-0.2, -0.15) is 0 Å². The lowest BCUT2D eigenvalue weighted by Crippen LogP contribution is -2.38. The van der Waals surface area contributed by atoms with E-state index in [4.69, 9.17) is 14.8 Å². The van der Waals surface area contributed by atoms with Gasteiger partial charge in [-0.25, -0.2) is 8.70 Å². The van der Waals surface area contributed by atoms with Crippen molar-refractivity contribution >= 4 is 23.6 Å². The normalized spacial score (nSPS) is 16.3. The van der Waals surface area contributed by atoms with E-state index in [1.165, 1.54) is 23.3 Å². The zero-order valence-electron chi connectivity index (χ0n) is 28.5. The molecule has 0 amide bonds. The van der Waals surface area contributed by atoms with Gasteiger partial charge in [0.2, 0.25) is 0 Å². The summed E-state index contributed by atoms with van der Waals surface area (Å²) in [7, 11) is 0. The van der Waals surface area contributed by atoms with Crippen LogP contribution in [0.3, 0.4) is 0 Å². The fourth-order valence-corrected chi connectivity index (χ4v) is 6.75. The Balaban J connectivity index is 0.000000854. The molecule has 0 spiro atoms. The van der Waals surface area contributed by atoms with Crippen molar-refractivity contribution in [3.63, 3.8) is 0 Å². The molecule has 1 saturated heterocycles. The predicted octanol–water partition coefficient (Wildman–Crippen LogP) is 8.43. The first-order valence-electron chi connectivity index (χ1n) is 16.0. The Bertz CT molecular complexity index is 1480. The first-order chi connectivity index (χ1) is 21.0. The molecule has 6 nitrogen and oxygen atoms in total. The summed E-state index contributed by atoms with van der Waals surface area (Å²) < 4.78 is 21.3. The molecule has 45 heavy (non-hydrogen) atoms. The van der Waals surface area contributed by atoms with Gasteiger partial charge in [0.15, 0.2) is 0 Å². The molecule has 5 rings (SSSR count). The van der Waals surface area contributed by atoms with E-state index in [1.54, 1.807) is 32.7 Å². The largest absolute Gasteiger partial charge is 0.463 e. The number of benzene rings is 2. The number of rotatable bonds is 7. The summed E-state index contributed by atoms with van der Waals surface area (Å²) in [6, 6.07) is 13.4. The molecule has 2 aliphatic heterocycles. The van der Waals surface area contributed by atoms with Crippen LogP contribution in [0.2, 0.25) is 0 Å². The molecule has 1 aromatic heterocycles. The number of fused-ring (bicyclic) bond motifs is 1. The van der Waals surface area contributed by atoms with Gasteiger partial charge in [-0.05, 0) is 126 Å². The van der Waals surface area contributed by atoms with Crippen molar-refractivity contribution < 1.29 is 19.0 Å². The molecule has 3 heterocycles. The highest BCUT2D eigenvalue weighted by Crippen LogP contribution is 2.43. The van der Waals surface area contributed by atoms with Crippen LogP contribution in [0.1, 0.15) is 89.4 Å². The monoisotopic (exact) mass is 635 g/mol. The Hall–Kier alpha value is -2.94. The molecule has 0 unspecified atom stereocenters. The number of carbonyl (C=O) groups is 1. The highest BCUT2D eigenvalue weighted by atomic mass is 32.2. The van der Waals surface area contributed by atoms with E-state index in [-0.39, 0.29) is 24.3 Å². The molecule has 0 radical (unpaired) electrons. The van der Waals surface area contributed by atoms with E-state index in [0.717, 1.165) is 77.7 Å². The summed E-state index contributed by atoms with van der Waals surface area (Å²) in [5.41, 5.74) is 8.64. The van der Waals surface area contributed by atoms with Crippen LogP contribution in [0.15, 0.2) is 47.4 Å². The Kier molecular flexibility index (Phi) is 11.0. The Morgan fingerprint density at radius 3 is 2.22 bits per heavy atom. The molecule has 1 fully saturated rings. The van der Waals surface area contributed by atoms with Gasteiger partial charge in [-0.1, -0.05) is 26.0 Å². The first-order valence-corrected chi connectivity index (χ1v) is 16.7. The molecule has 2 aliphatic rings. The van der Waals surface area contributed by atoms with Gasteiger partial charge in [-0.3, -0.25) is 9.78 Å². The van der Waals surface area contributed by atoms with E-state index in [9.17, 15) is 9.18 Å². The number of anilines is 1. The maximum Gasteiger partial charge on any atom is 0.310 e. The minimum absolute atomic E-state index is 0.155. The van der Waals surface area contributed by atoms with Crippen molar-refractivity contribution in [3.8, 4) is 11.1 Å². The number of aromatic nitrogens is 1. The molecule has 0 bridgehead atoms. The second-order valence-corrected chi connectivity index (χ2v) is 15.5. The summed E-state index contributed by atoms with van der Waals surface area (Å²) >= 11 is 1.66. The molecule has 1 N–H and O–H groups in total. The van der Waals surface area contributed by atoms with Gasteiger partial charge in [0.1, 0.15) is 5.82 Å². The summed E-state index contributed by atoms with van der Waals surface area (Å²) in [6.45, 7) is 21.3. The maximum absolute atomic E-state index is 13.4. The fraction of sp³-hybridized carbons (Fsp3) is 0.514. The van der Waals surface area contributed by atoms with Crippen molar-refractivity contribution in [3.05, 3.63) is 76.4 Å². The third kappa shape index (κ3) is 9.77. The third-order valence-corrected chi connectivity index (χ3v) is 9.01. The number of aryl methyl sites for hydroxylation is 2. The Morgan fingerprint density at radius 1 is 1.02 bits per heavy atom. The van der Waals surface area contributed by atoms with Gasteiger partial charge in [0, 0.05) is 53.6 Å². The van der Waals surface area contributed by atoms with Crippen LogP contribution in [-0.4, -0.2) is 45.2 Å². The number of nitrogens with zero attached hydrogens (tertiary/aromatic N) is 3. The zero-order chi connectivity index (χ0) is 33.1. The smallest absolute Gasteiger partial charge is 0.310 e. The van der Waals surface area contributed by atoms with Gasteiger partial charge >= 0.3 is 5.97 Å². The van der Waals surface area contributed by atoms with E-state index in [0.29, 0.717) is 5.41 Å². The lowest BCUT2D eigenvalue weighted by Gasteiger charge is -2.40. The van der Waals surface area contributed by atoms with Gasteiger partial charge in [0.05, 0.1) is 23.8 Å².